The van der Waals surface area contributed by atoms with Crippen molar-refractivity contribution in [2.75, 3.05) is 21.2 Å². The summed E-state index contributed by atoms with van der Waals surface area (Å²) < 4.78 is 4.59. The van der Waals surface area contributed by atoms with Crippen LogP contribution in [0.4, 0.5) is 5.69 Å². The Morgan fingerprint density at radius 3 is 2.40 bits per heavy atom. The minimum Gasteiger partial charge on any atom is -0.465 e. The van der Waals surface area contributed by atoms with Gasteiger partial charge in [0, 0.05) is 14.1 Å². The van der Waals surface area contributed by atoms with Crippen molar-refractivity contribution >= 4 is 18.0 Å². The Morgan fingerprint density at radius 2 is 1.93 bits per heavy atom. The maximum atomic E-state index is 11.1. The second kappa shape index (κ2) is 5.14. The van der Waals surface area contributed by atoms with Crippen molar-refractivity contribution < 1.29 is 9.53 Å². The average Bonchev–Trinajstić information content (AvgIpc) is 2.26. The maximum Gasteiger partial charge on any atom is 0.337 e. The molecule has 0 saturated heterocycles. The zero-order valence-corrected chi connectivity index (χ0v) is 9.10. The number of esters is 1. The number of hydrogen-bond acceptors (Lipinski definition) is 3. The zero-order chi connectivity index (χ0) is 11.3. The van der Waals surface area contributed by atoms with E-state index in [4.69, 9.17) is 0 Å². The lowest BCUT2D eigenvalue weighted by atomic mass is 10.2. The summed E-state index contributed by atoms with van der Waals surface area (Å²) in [5, 5.41) is 0. The SMILES string of the molecule is COC(=O)c1ccc(/N=C/N(C)C)cc1. The van der Waals surface area contributed by atoms with Gasteiger partial charge in [0.25, 0.3) is 0 Å². The Hall–Kier alpha value is -1.84. The van der Waals surface area contributed by atoms with Crippen LogP contribution in [0.1, 0.15) is 10.4 Å². The second-order valence-electron chi connectivity index (χ2n) is 3.25. The van der Waals surface area contributed by atoms with Gasteiger partial charge in [-0.2, -0.15) is 0 Å². The first kappa shape index (κ1) is 11.2. The molecule has 15 heavy (non-hydrogen) atoms. The van der Waals surface area contributed by atoms with Crippen LogP contribution in [0.3, 0.4) is 0 Å². The predicted octanol–water partition coefficient (Wildman–Crippen LogP) is 1.69. The Labute approximate surface area is 89.2 Å². The number of rotatable bonds is 3. The minimum atomic E-state index is -0.335. The van der Waals surface area contributed by atoms with Gasteiger partial charge in [-0.25, -0.2) is 9.79 Å². The molecule has 0 saturated carbocycles. The molecule has 0 atom stereocenters. The summed E-state index contributed by atoms with van der Waals surface area (Å²) in [4.78, 5) is 17.1. The van der Waals surface area contributed by atoms with E-state index in [1.807, 2.05) is 19.0 Å². The summed E-state index contributed by atoms with van der Waals surface area (Å²) in [6, 6.07) is 6.92. The molecule has 0 aliphatic rings. The lowest BCUT2D eigenvalue weighted by molar-refractivity contribution is 0.0601. The first-order chi connectivity index (χ1) is 7.13. The van der Waals surface area contributed by atoms with Crippen molar-refractivity contribution in [3.63, 3.8) is 0 Å². The molecule has 0 bridgehead atoms. The molecule has 0 heterocycles. The van der Waals surface area contributed by atoms with Gasteiger partial charge in [0.2, 0.25) is 0 Å². The summed E-state index contributed by atoms with van der Waals surface area (Å²) in [7, 11) is 5.15. The first-order valence-electron chi connectivity index (χ1n) is 4.52. The van der Waals surface area contributed by atoms with Crippen molar-refractivity contribution in [1.29, 1.82) is 0 Å². The Morgan fingerprint density at radius 1 is 1.33 bits per heavy atom. The molecule has 0 N–H and O–H groups in total. The van der Waals surface area contributed by atoms with Gasteiger partial charge < -0.3 is 9.64 Å². The second-order valence-corrected chi connectivity index (χ2v) is 3.25. The van der Waals surface area contributed by atoms with Gasteiger partial charge in [-0.15, -0.1) is 0 Å². The molecule has 0 aromatic heterocycles. The van der Waals surface area contributed by atoms with Crippen molar-refractivity contribution in [2.45, 2.75) is 0 Å². The molecule has 1 aromatic rings. The molecule has 0 unspecified atom stereocenters. The zero-order valence-electron chi connectivity index (χ0n) is 9.10. The Kier molecular flexibility index (Phi) is 3.85. The van der Waals surface area contributed by atoms with E-state index < -0.39 is 0 Å². The molecule has 0 amide bonds. The number of benzene rings is 1. The molecule has 4 heteroatoms. The van der Waals surface area contributed by atoms with Crippen molar-refractivity contribution in [1.82, 2.24) is 4.90 Å². The van der Waals surface area contributed by atoms with Crippen molar-refractivity contribution in [3.8, 4) is 0 Å². The number of hydrogen-bond donors (Lipinski definition) is 0. The van der Waals surface area contributed by atoms with E-state index in [0.29, 0.717) is 5.56 Å². The van der Waals surface area contributed by atoms with Crippen LogP contribution >= 0.6 is 0 Å². The molecule has 80 valence electrons. The third kappa shape index (κ3) is 3.42. The predicted molar refractivity (Wildman–Crippen MR) is 59.6 cm³/mol. The smallest absolute Gasteiger partial charge is 0.337 e. The fraction of sp³-hybridized carbons (Fsp3) is 0.273. The summed E-state index contributed by atoms with van der Waals surface area (Å²) in [5.41, 5.74) is 1.33. The van der Waals surface area contributed by atoms with E-state index in [9.17, 15) is 4.79 Å². The molecule has 0 spiro atoms. The third-order valence-corrected chi connectivity index (χ3v) is 1.73. The molecule has 1 rings (SSSR count). The van der Waals surface area contributed by atoms with Gasteiger partial charge in [-0.1, -0.05) is 0 Å². The molecule has 0 aliphatic heterocycles. The number of aliphatic imine (C=N–C) groups is 1. The van der Waals surface area contributed by atoms with E-state index in [0.717, 1.165) is 5.69 Å². The largest absolute Gasteiger partial charge is 0.465 e. The highest BCUT2D eigenvalue weighted by Crippen LogP contribution is 2.12. The number of carbonyl (C=O) groups is 1. The summed E-state index contributed by atoms with van der Waals surface area (Å²) in [6.07, 6.45) is 1.70. The van der Waals surface area contributed by atoms with E-state index in [2.05, 4.69) is 9.73 Å². The molecule has 0 aliphatic carbocycles. The van der Waals surface area contributed by atoms with Gasteiger partial charge >= 0.3 is 5.97 Å². The highest BCUT2D eigenvalue weighted by Gasteiger charge is 2.03. The van der Waals surface area contributed by atoms with Crippen LogP contribution < -0.4 is 0 Å². The van der Waals surface area contributed by atoms with Crippen LogP contribution in [0.2, 0.25) is 0 Å². The van der Waals surface area contributed by atoms with Crippen molar-refractivity contribution in [3.05, 3.63) is 29.8 Å². The topological polar surface area (TPSA) is 41.9 Å². The Balaban J connectivity index is 2.77. The van der Waals surface area contributed by atoms with Crippen LogP contribution in [-0.4, -0.2) is 38.4 Å². The standard InChI is InChI=1S/C11H14N2O2/c1-13(2)8-12-10-6-4-9(5-7-10)11(14)15-3/h4-8H,1-3H3/b12-8+. The summed E-state index contributed by atoms with van der Waals surface area (Å²) >= 11 is 0. The molecule has 0 radical (unpaired) electrons. The van der Waals surface area contributed by atoms with Crippen molar-refractivity contribution in [2.24, 2.45) is 4.99 Å². The lowest BCUT2D eigenvalue weighted by Crippen LogP contribution is -2.07. The lowest BCUT2D eigenvalue weighted by Gasteiger charge is -2.02. The molecule has 0 fully saturated rings. The first-order valence-corrected chi connectivity index (χ1v) is 4.52. The highest BCUT2D eigenvalue weighted by atomic mass is 16.5. The summed E-state index contributed by atoms with van der Waals surface area (Å²) in [5.74, 6) is -0.335. The number of nitrogens with zero attached hydrogens (tertiary/aromatic N) is 2. The van der Waals surface area contributed by atoms with Gasteiger partial charge in [-0.05, 0) is 24.3 Å². The number of methoxy groups -OCH3 is 1. The Bertz CT molecular complexity index is 355. The third-order valence-electron chi connectivity index (χ3n) is 1.73. The van der Waals surface area contributed by atoms with Gasteiger partial charge in [0.05, 0.1) is 24.7 Å². The van der Waals surface area contributed by atoms with Gasteiger partial charge in [0.1, 0.15) is 0 Å². The van der Waals surface area contributed by atoms with E-state index >= 15 is 0 Å². The highest BCUT2D eigenvalue weighted by molar-refractivity contribution is 5.89. The molecule has 1 aromatic carbocycles. The fourth-order valence-corrected chi connectivity index (χ4v) is 0.984. The van der Waals surface area contributed by atoms with E-state index in [-0.39, 0.29) is 5.97 Å². The van der Waals surface area contributed by atoms with Crippen LogP contribution in [0.25, 0.3) is 0 Å². The number of carbonyl (C=O) groups excluding carboxylic acids is 1. The molecular weight excluding hydrogens is 192 g/mol. The normalized spacial score (nSPS) is 10.3. The van der Waals surface area contributed by atoms with Crippen LogP contribution in [-0.2, 0) is 4.74 Å². The number of ether oxygens (including phenoxy) is 1. The van der Waals surface area contributed by atoms with E-state index in [1.165, 1.54) is 7.11 Å². The van der Waals surface area contributed by atoms with Crippen LogP contribution in [0, 0.1) is 0 Å². The van der Waals surface area contributed by atoms with Crippen LogP contribution in [0.15, 0.2) is 29.3 Å². The van der Waals surface area contributed by atoms with Gasteiger partial charge in [0.15, 0.2) is 0 Å². The van der Waals surface area contributed by atoms with Crippen LogP contribution in [0.5, 0.6) is 0 Å². The molecule has 4 nitrogen and oxygen atoms in total. The maximum absolute atomic E-state index is 11.1. The summed E-state index contributed by atoms with van der Waals surface area (Å²) in [6.45, 7) is 0. The van der Waals surface area contributed by atoms with Gasteiger partial charge in [-0.3, -0.25) is 0 Å². The monoisotopic (exact) mass is 206 g/mol. The molecular formula is C11H14N2O2. The quantitative estimate of drug-likeness (QED) is 0.429. The van der Waals surface area contributed by atoms with E-state index in [1.54, 1.807) is 30.6 Å². The minimum absolute atomic E-state index is 0.335. The fourth-order valence-electron chi connectivity index (χ4n) is 0.984. The average molecular weight is 206 g/mol.